The van der Waals surface area contributed by atoms with E-state index in [2.05, 4.69) is 15.4 Å². The van der Waals surface area contributed by atoms with Crippen LogP contribution in [0.5, 0.6) is 0 Å². The average molecular weight is 354 g/mol. The zero-order chi connectivity index (χ0) is 18.7. The summed E-state index contributed by atoms with van der Waals surface area (Å²) in [5.74, 6) is -0.246. The highest BCUT2D eigenvalue weighted by atomic mass is 19.1. The lowest BCUT2D eigenvalue weighted by Crippen LogP contribution is -2.26. The summed E-state index contributed by atoms with van der Waals surface area (Å²) in [6.07, 6.45) is 1.71. The first-order valence-corrected chi connectivity index (χ1v) is 8.77. The van der Waals surface area contributed by atoms with Crippen molar-refractivity contribution in [1.29, 1.82) is 0 Å². The Balaban J connectivity index is 1.55. The van der Waals surface area contributed by atoms with E-state index in [-0.39, 0.29) is 11.7 Å². The summed E-state index contributed by atoms with van der Waals surface area (Å²) < 4.78 is 14.7. The fourth-order valence-electron chi connectivity index (χ4n) is 3.13. The van der Waals surface area contributed by atoms with Crippen molar-refractivity contribution >= 4 is 11.6 Å². The lowest BCUT2D eigenvalue weighted by molar-refractivity contribution is -0.121. The molecule has 3 rings (SSSR count). The number of halogens is 1. The normalized spacial score (nSPS) is 11.1. The van der Waals surface area contributed by atoms with Gasteiger partial charge in [-0.1, -0.05) is 12.1 Å². The SMILES string of the molecule is Cc1cc2nc(C)c(CCC(=O)NCCc3ccc(F)cc3)c(C)n2n1. The number of hydrogen-bond acceptors (Lipinski definition) is 3. The highest BCUT2D eigenvalue weighted by molar-refractivity contribution is 5.76. The number of nitrogens with zero attached hydrogens (tertiary/aromatic N) is 3. The third-order valence-electron chi connectivity index (χ3n) is 4.54. The first-order chi connectivity index (χ1) is 12.4. The smallest absolute Gasteiger partial charge is 0.220 e. The number of fused-ring (bicyclic) bond motifs is 1. The van der Waals surface area contributed by atoms with Gasteiger partial charge in [-0.2, -0.15) is 5.10 Å². The van der Waals surface area contributed by atoms with Gasteiger partial charge in [-0.05, 0) is 56.9 Å². The maximum atomic E-state index is 12.9. The Morgan fingerprint density at radius 2 is 1.88 bits per heavy atom. The molecular weight excluding hydrogens is 331 g/mol. The number of carbonyl (C=O) groups is 1. The molecule has 0 aliphatic heterocycles. The summed E-state index contributed by atoms with van der Waals surface area (Å²) in [7, 11) is 0. The molecule has 3 aromatic rings. The van der Waals surface area contributed by atoms with E-state index in [1.54, 1.807) is 12.1 Å². The van der Waals surface area contributed by atoms with E-state index in [0.717, 1.165) is 33.9 Å². The van der Waals surface area contributed by atoms with Crippen molar-refractivity contribution in [2.24, 2.45) is 0 Å². The fraction of sp³-hybridized carbons (Fsp3) is 0.350. The minimum Gasteiger partial charge on any atom is -0.356 e. The molecule has 1 amide bonds. The Kier molecular flexibility index (Phi) is 5.30. The zero-order valence-electron chi connectivity index (χ0n) is 15.3. The molecule has 26 heavy (non-hydrogen) atoms. The summed E-state index contributed by atoms with van der Waals surface area (Å²) in [6, 6.07) is 8.29. The third kappa shape index (κ3) is 4.07. The molecule has 0 radical (unpaired) electrons. The molecule has 0 aliphatic carbocycles. The summed E-state index contributed by atoms with van der Waals surface area (Å²) in [6.45, 7) is 6.46. The first-order valence-electron chi connectivity index (χ1n) is 8.77. The van der Waals surface area contributed by atoms with Crippen molar-refractivity contribution in [3.63, 3.8) is 0 Å². The third-order valence-corrected chi connectivity index (χ3v) is 4.54. The molecule has 2 aromatic heterocycles. The highest BCUT2D eigenvalue weighted by Crippen LogP contribution is 2.17. The van der Waals surface area contributed by atoms with Crippen LogP contribution in [0.2, 0.25) is 0 Å². The zero-order valence-corrected chi connectivity index (χ0v) is 15.3. The summed E-state index contributed by atoms with van der Waals surface area (Å²) in [4.78, 5) is 16.7. The van der Waals surface area contributed by atoms with Gasteiger partial charge in [0, 0.05) is 30.4 Å². The van der Waals surface area contributed by atoms with Crippen LogP contribution in [0.4, 0.5) is 4.39 Å². The van der Waals surface area contributed by atoms with Crippen molar-refractivity contribution in [2.45, 2.75) is 40.0 Å². The molecule has 0 unspecified atom stereocenters. The molecular formula is C20H23FN4O. The molecule has 0 atom stereocenters. The van der Waals surface area contributed by atoms with E-state index in [1.807, 2.05) is 31.4 Å². The number of nitrogens with one attached hydrogen (secondary N) is 1. The van der Waals surface area contributed by atoms with Crippen LogP contribution in [-0.4, -0.2) is 27.0 Å². The van der Waals surface area contributed by atoms with Crippen LogP contribution in [0.15, 0.2) is 30.3 Å². The van der Waals surface area contributed by atoms with Gasteiger partial charge in [-0.25, -0.2) is 13.9 Å². The maximum absolute atomic E-state index is 12.9. The minimum atomic E-state index is -0.249. The standard InChI is InChI=1S/C20H23FN4O/c1-13-12-19-23-14(2)18(15(3)25(19)24-13)8-9-20(26)22-11-10-16-4-6-17(21)7-5-16/h4-7,12H,8-11H2,1-3H3,(H,22,26). The van der Waals surface area contributed by atoms with E-state index < -0.39 is 0 Å². The second-order valence-electron chi connectivity index (χ2n) is 6.54. The quantitative estimate of drug-likeness (QED) is 0.740. The van der Waals surface area contributed by atoms with Crippen LogP contribution < -0.4 is 5.32 Å². The number of aromatic nitrogens is 3. The van der Waals surface area contributed by atoms with Gasteiger partial charge in [0.05, 0.1) is 5.69 Å². The molecule has 2 heterocycles. The molecule has 1 N–H and O–H groups in total. The van der Waals surface area contributed by atoms with Crippen molar-refractivity contribution in [3.05, 3.63) is 64.4 Å². The molecule has 0 saturated heterocycles. The van der Waals surface area contributed by atoms with Crippen LogP contribution in [-0.2, 0) is 17.6 Å². The van der Waals surface area contributed by atoms with Crippen molar-refractivity contribution in [1.82, 2.24) is 19.9 Å². The number of hydrogen-bond donors (Lipinski definition) is 1. The molecule has 1 aromatic carbocycles. The largest absolute Gasteiger partial charge is 0.356 e. The van der Waals surface area contributed by atoms with Crippen LogP contribution in [0.25, 0.3) is 5.65 Å². The topological polar surface area (TPSA) is 59.3 Å². The van der Waals surface area contributed by atoms with Gasteiger partial charge in [-0.3, -0.25) is 4.79 Å². The second-order valence-corrected chi connectivity index (χ2v) is 6.54. The Morgan fingerprint density at radius 1 is 1.15 bits per heavy atom. The number of benzene rings is 1. The van der Waals surface area contributed by atoms with Gasteiger partial charge in [-0.15, -0.1) is 0 Å². The van der Waals surface area contributed by atoms with Crippen molar-refractivity contribution in [2.75, 3.05) is 6.54 Å². The second kappa shape index (κ2) is 7.64. The Bertz CT molecular complexity index is 931. The van der Waals surface area contributed by atoms with Crippen molar-refractivity contribution in [3.8, 4) is 0 Å². The number of amides is 1. The molecule has 0 aliphatic rings. The maximum Gasteiger partial charge on any atom is 0.220 e. The predicted octanol–water partition coefficient (Wildman–Crippen LogP) is 3.09. The lowest BCUT2D eigenvalue weighted by Gasteiger charge is -2.11. The number of rotatable bonds is 6. The molecule has 136 valence electrons. The van der Waals surface area contributed by atoms with Gasteiger partial charge in [0.1, 0.15) is 5.82 Å². The molecule has 0 spiro atoms. The van der Waals surface area contributed by atoms with Crippen LogP contribution in [0, 0.1) is 26.6 Å². The van der Waals surface area contributed by atoms with Gasteiger partial charge < -0.3 is 5.32 Å². The van der Waals surface area contributed by atoms with Gasteiger partial charge in [0.15, 0.2) is 5.65 Å². The molecule has 5 nitrogen and oxygen atoms in total. The van der Waals surface area contributed by atoms with Gasteiger partial charge in [0.2, 0.25) is 5.91 Å². The Labute approximate surface area is 152 Å². The highest BCUT2D eigenvalue weighted by Gasteiger charge is 2.12. The van der Waals surface area contributed by atoms with E-state index in [0.29, 0.717) is 25.8 Å². The van der Waals surface area contributed by atoms with Crippen LogP contribution in [0.1, 0.15) is 34.6 Å². The van der Waals surface area contributed by atoms with E-state index in [9.17, 15) is 9.18 Å². The van der Waals surface area contributed by atoms with E-state index in [4.69, 9.17) is 0 Å². The summed E-state index contributed by atoms with van der Waals surface area (Å²) >= 11 is 0. The molecule has 6 heteroatoms. The minimum absolute atomic E-state index is 0.00246. The molecule has 0 saturated carbocycles. The van der Waals surface area contributed by atoms with E-state index >= 15 is 0 Å². The fourth-order valence-corrected chi connectivity index (χ4v) is 3.13. The monoisotopic (exact) mass is 354 g/mol. The molecule has 0 bridgehead atoms. The Morgan fingerprint density at radius 3 is 2.62 bits per heavy atom. The lowest BCUT2D eigenvalue weighted by atomic mass is 10.1. The van der Waals surface area contributed by atoms with E-state index in [1.165, 1.54) is 12.1 Å². The Hall–Kier alpha value is -2.76. The molecule has 0 fully saturated rings. The predicted molar refractivity (Wildman–Crippen MR) is 98.6 cm³/mol. The number of carbonyl (C=O) groups excluding carboxylic acids is 1. The van der Waals surface area contributed by atoms with Crippen LogP contribution >= 0.6 is 0 Å². The van der Waals surface area contributed by atoms with Crippen molar-refractivity contribution < 1.29 is 9.18 Å². The summed E-state index contributed by atoms with van der Waals surface area (Å²) in [5.41, 5.74) is 5.80. The average Bonchev–Trinajstić information content (AvgIpc) is 2.97. The first kappa shape index (κ1) is 18.0. The van der Waals surface area contributed by atoms with Crippen LogP contribution in [0.3, 0.4) is 0 Å². The summed E-state index contributed by atoms with van der Waals surface area (Å²) in [5, 5.41) is 7.38. The number of aryl methyl sites for hydroxylation is 3. The van der Waals surface area contributed by atoms with Gasteiger partial charge in [0.25, 0.3) is 0 Å². The van der Waals surface area contributed by atoms with Gasteiger partial charge >= 0.3 is 0 Å².